The summed E-state index contributed by atoms with van der Waals surface area (Å²) in [5, 5.41) is 12.2. The zero-order valence-corrected chi connectivity index (χ0v) is 24.0. The van der Waals surface area contributed by atoms with E-state index in [0.717, 1.165) is 11.1 Å². The minimum absolute atomic E-state index is 0.0705. The molecule has 1 aliphatic heterocycles. The van der Waals surface area contributed by atoms with Crippen LogP contribution < -0.4 is 5.32 Å². The third-order valence-corrected chi connectivity index (χ3v) is 8.15. The molecule has 0 saturated carbocycles. The lowest BCUT2D eigenvalue weighted by Gasteiger charge is -2.41. The number of nitrogens with zero attached hydrogens (tertiary/aromatic N) is 2. The Bertz CT molecular complexity index is 1580. The second-order valence-corrected chi connectivity index (χ2v) is 11.0. The number of halogens is 5. The van der Waals surface area contributed by atoms with Crippen LogP contribution in [0, 0.1) is 35.0 Å². The highest BCUT2D eigenvalue weighted by molar-refractivity contribution is 7.99. The Kier molecular flexibility index (Phi) is 9.89. The first kappa shape index (κ1) is 31.5. The van der Waals surface area contributed by atoms with Crippen molar-refractivity contribution in [3.8, 4) is 0 Å². The summed E-state index contributed by atoms with van der Waals surface area (Å²) < 4.78 is 81.2. The topological polar surface area (TPSA) is 93.6 Å². The maximum atomic E-state index is 14.0. The molecule has 0 bridgehead atoms. The van der Waals surface area contributed by atoms with Gasteiger partial charge in [-0.1, -0.05) is 67.2 Å². The van der Waals surface area contributed by atoms with Gasteiger partial charge < -0.3 is 19.9 Å². The zero-order valence-electron chi connectivity index (χ0n) is 23.1. The highest BCUT2D eigenvalue weighted by Crippen LogP contribution is 2.42. The first-order chi connectivity index (χ1) is 21.2. The van der Waals surface area contributed by atoms with Crippen LogP contribution in [0.3, 0.4) is 0 Å². The molecule has 7 nitrogen and oxygen atoms in total. The number of benzene rings is 3. The van der Waals surface area contributed by atoms with Gasteiger partial charge in [0.1, 0.15) is 5.56 Å². The van der Waals surface area contributed by atoms with Gasteiger partial charge in [0.05, 0.1) is 18.8 Å². The van der Waals surface area contributed by atoms with Crippen LogP contribution >= 0.6 is 11.8 Å². The molecule has 230 valence electrons. The van der Waals surface area contributed by atoms with Crippen molar-refractivity contribution < 1.29 is 41.3 Å². The number of ether oxygens (including phenoxy) is 2. The Hall–Kier alpha value is -3.91. The fourth-order valence-electron chi connectivity index (χ4n) is 4.69. The first-order valence-corrected chi connectivity index (χ1v) is 14.4. The molecule has 1 aliphatic rings. The van der Waals surface area contributed by atoms with E-state index in [4.69, 9.17) is 9.47 Å². The van der Waals surface area contributed by atoms with E-state index in [2.05, 4.69) is 15.3 Å². The van der Waals surface area contributed by atoms with Crippen molar-refractivity contribution >= 4 is 17.7 Å². The number of hydrogen-bond acceptors (Lipinski definition) is 7. The normalized spacial score (nSPS) is 20.0. The van der Waals surface area contributed by atoms with E-state index in [0.29, 0.717) is 22.0 Å². The van der Waals surface area contributed by atoms with Crippen LogP contribution in [0.25, 0.3) is 0 Å². The van der Waals surface area contributed by atoms with Gasteiger partial charge in [-0.25, -0.2) is 31.9 Å². The fraction of sp³-hybridized carbons (Fsp3) is 0.258. The van der Waals surface area contributed by atoms with Crippen molar-refractivity contribution in [3.63, 3.8) is 0 Å². The van der Waals surface area contributed by atoms with Gasteiger partial charge in [-0.2, -0.15) is 0 Å². The number of nitrogens with one attached hydrogen (secondary N) is 1. The monoisotopic (exact) mass is 631 g/mol. The standard InChI is InChI=1S/C31H26F5N3O4S/c1-16-21(15-44-31-37-11-2-12-38-31)42-30(43-28(16)19-7-5-18(14-40)6-8-19)20-9-3-17(4-10-20)13-39-29(41)22-23(32)25(34)27(36)26(35)24(22)33/h2-12,16,21,28,30,40H,13-15H2,1H3,(H,39,41)/t16-,21+,28+,30+/m1/s1. The number of aliphatic hydroxyl groups is 1. The molecule has 0 unspecified atom stereocenters. The summed E-state index contributed by atoms with van der Waals surface area (Å²) in [4.78, 5) is 20.8. The number of carbonyl (C=O) groups excluding carboxylic acids is 1. The predicted molar refractivity (Wildman–Crippen MR) is 150 cm³/mol. The van der Waals surface area contributed by atoms with Crippen LogP contribution in [0.2, 0.25) is 0 Å². The van der Waals surface area contributed by atoms with E-state index in [1.54, 1.807) is 42.7 Å². The van der Waals surface area contributed by atoms with Crippen molar-refractivity contribution in [2.24, 2.45) is 5.92 Å². The summed E-state index contributed by atoms with van der Waals surface area (Å²) >= 11 is 1.45. The number of amides is 1. The second kappa shape index (κ2) is 13.8. The quantitative estimate of drug-likeness (QED) is 0.0750. The molecule has 3 aromatic carbocycles. The second-order valence-electron chi connectivity index (χ2n) is 10.0. The molecular weight excluding hydrogens is 605 g/mol. The molecule has 4 atom stereocenters. The van der Waals surface area contributed by atoms with E-state index in [-0.39, 0.29) is 31.3 Å². The van der Waals surface area contributed by atoms with Gasteiger partial charge in [0.25, 0.3) is 5.91 Å². The van der Waals surface area contributed by atoms with Crippen LogP contribution in [-0.2, 0) is 22.6 Å². The van der Waals surface area contributed by atoms with Crippen molar-refractivity contribution in [1.82, 2.24) is 15.3 Å². The van der Waals surface area contributed by atoms with Gasteiger partial charge in [-0.05, 0) is 22.8 Å². The zero-order chi connectivity index (χ0) is 31.4. The molecule has 1 fully saturated rings. The van der Waals surface area contributed by atoms with E-state index >= 15 is 0 Å². The lowest BCUT2D eigenvalue weighted by molar-refractivity contribution is -0.268. The van der Waals surface area contributed by atoms with Crippen LogP contribution in [0.4, 0.5) is 22.0 Å². The average molecular weight is 632 g/mol. The molecule has 0 spiro atoms. The minimum Gasteiger partial charge on any atom is -0.392 e. The van der Waals surface area contributed by atoms with Gasteiger partial charge >= 0.3 is 0 Å². The maximum absolute atomic E-state index is 14.0. The lowest BCUT2D eigenvalue weighted by Crippen LogP contribution is -2.38. The van der Waals surface area contributed by atoms with Gasteiger partial charge in [0.15, 0.2) is 34.7 Å². The summed E-state index contributed by atoms with van der Waals surface area (Å²) in [5.41, 5.74) is 1.25. The van der Waals surface area contributed by atoms with Crippen LogP contribution in [0.5, 0.6) is 0 Å². The van der Waals surface area contributed by atoms with E-state index in [9.17, 15) is 31.9 Å². The number of thioether (sulfide) groups is 1. The Morgan fingerprint density at radius 1 is 0.841 bits per heavy atom. The molecule has 1 aromatic heterocycles. The molecule has 2 heterocycles. The fourth-order valence-corrected chi connectivity index (χ4v) is 5.66. The minimum atomic E-state index is -2.34. The van der Waals surface area contributed by atoms with Gasteiger partial charge in [-0.15, -0.1) is 0 Å². The molecule has 1 saturated heterocycles. The van der Waals surface area contributed by atoms with Crippen LogP contribution in [0.1, 0.15) is 51.9 Å². The Labute approximate surface area is 253 Å². The summed E-state index contributed by atoms with van der Waals surface area (Å²) in [6.45, 7) is 1.68. The Morgan fingerprint density at radius 2 is 1.41 bits per heavy atom. The summed E-state index contributed by atoms with van der Waals surface area (Å²) in [7, 11) is 0. The highest BCUT2D eigenvalue weighted by Gasteiger charge is 2.38. The molecule has 13 heteroatoms. The van der Waals surface area contributed by atoms with Gasteiger partial charge in [0.2, 0.25) is 5.82 Å². The summed E-state index contributed by atoms with van der Waals surface area (Å²) in [5.74, 6) is -12.1. The number of aliphatic hydroxyl groups excluding tert-OH is 1. The molecule has 5 rings (SSSR count). The number of carbonyl (C=O) groups is 1. The van der Waals surface area contributed by atoms with E-state index in [1.165, 1.54) is 11.8 Å². The van der Waals surface area contributed by atoms with Crippen molar-refractivity contribution in [2.75, 3.05) is 5.75 Å². The summed E-state index contributed by atoms with van der Waals surface area (Å²) in [6.07, 6.45) is 1.90. The lowest BCUT2D eigenvalue weighted by atomic mass is 9.91. The van der Waals surface area contributed by atoms with Crippen molar-refractivity contribution in [2.45, 2.75) is 43.7 Å². The SMILES string of the molecule is C[C@@H]1[C@H](CSc2ncccn2)O[C@H](c2ccc(CNC(=O)c3c(F)c(F)c(F)c(F)c3F)cc2)O[C@@H]1c1ccc(CO)cc1. The third kappa shape index (κ3) is 6.75. The van der Waals surface area contributed by atoms with Crippen LogP contribution in [0.15, 0.2) is 72.1 Å². The van der Waals surface area contributed by atoms with E-state index in [1.807, 2.05) is 31.2 Å². The number of aromatic nitrogens is 2. The third-order valence-electron chi connectivity index (χ3n) is 7.18. The molecule has 0 radical (unpaired) electrons. The Morgan fingerprint density at radius 3 is 2.02 bits per heavy atom. The van der Waals surface area contributed by atoms with Crippen molar-refractivity contribution in [3.05, 3.63) is 124 Å². The highest BCUT2D eigenvalue weighted by atomic mass is 32.2. The summed E-state index contributed by atoms with van der Waals surface area (Å²) in [6, 6.07) is 15.8. The maximum Gasteiger partial charge on any atom is 0.257 e. The molecule has 0 aliphatic carbocycles. The number of rotatable bonds is 9. The molecular formula is C31H26F5N3O4S. The molecule has 2 N–H and O–H groups in total. The number of hydrogen-bond donors (Lipinski definition) is 2. The molecule has 1 amide bonds. The average Bonchev–Trinajstić information content (AvgIpc) is 3.06. The van der Waals surface area contributed by atoms with Crippen LogP contribution in [-0.4, -0.2) is 32.8 Å². The molecule has 4 aromatic rings. The van der Waals surface area contributed by atoms with Crippen molar-refractivity contribution in [1.29, 1.82) is 0 Å². The van der Waals surface area contributed by atoms with E-state index < -0.39 is 46.8 Å². The smallest absolute Gasteiger partial charge is 0.257 e. The van der Waals surface area contributed by atoms with Gasteiger partial charge in [0, 0.05) is 36.2 Å². The largest absolute Gasteiger partial charge is 0.392 e. The van der Waals surface area contributed by atoms with Gasteiger partial charge in [-0.3, -0.25) is 4.79 Å². The Balaban J connectivity index is 1.31. The predicted octanol–water partition coefficient (Wildman–Crippen LogP) is 6.18. The first-order valence-electron chi connectivity index (χ1n) is 13.5. The molecule has 44 heavy (non-hydrogen) atoms.